The molecule has 4 aromatic rings. The Hall–Kier alpha value is -3.68. The molecule has 0 aromatic carbocycles. The minimum absolute atomic E-state index is 0.488. The Balaban J connectivity index is 1.56. The first kappa shape index (κ1) is 17.4. The number of pyridine rings is 1. The lowest BCUT2D eigenvalue weighted by molar-refractivity contribution is 0.584. The Labute approximate surface area is 166 Å². The maximum atomic E-state index is 13.6. The molecule has 1 aliphatic carbocycles. The van der Waals surface area contributed by atoms with Gasteiger partial charge in [-0.25, -0.2) is 24.5 Å². The fourth-order valence-corrected chi connectivity index (χ4v) is 3.41. The van der Waals surface area contributed by atoms with E-state index in [0.29, 0.717) is 23.9 Å². The molecule has 0 atom stereocenters. The Bertz CT molecular complexity index is 1270. The fraction of sp³-hybridized carbons (Fsp3) is 0.190. The van der Waals surface area contributed by atoms with Crippen LogP contribution in [-0.2, 0) is 13.0 Å². The maximum absolute atomic E-state index is 13.6. The average Bonchev–Trinajstić information content (AvgIpc) is 3.29. The third-order valence-electron chi connectivity index (χ3n) is 4.86. The van der Waals surface area contributed by atoms with Gasteiger partial charge in [0.2, 0.25) is 5.95 Å². The van der Waals surface area contributed by atoms with E-state index in [0.717, 1.165) is 35.3 Å². The fourth-order valence-electron chi connectivity index (χ4n) is 3.41. The molecule has 0 unspecified atom stereocenters. The van der Waals surface area contributed by atoms with Crippen LogP contribution in [0.1, 0.15) is 30.4 Å². The van der Waals surface area contributed by atoms with E-state index < -0.39 is 5.95 Å². The zero-order valence-corrected chi connectivity index (χ0v) is 15.8. The van der Waals surface area contributed by atoms with Crippen LogP contribution in [0.3, 0.4) is 0 Å². The van der Waals surface area contributed by atoms with Gasteiger partial charge in [-0.15, -0.1) is 5.10 Å². The van der Waals surface area contributed by atoms with Gasteiger partial charge in [0.1, 0.15) is 12.0 Å². The highest BCUT2D eigenvalue weighted by molar-refractivity contribution is 5.78. The summed E-state index contributed by atoms with van der Waals surface area (Å²) in [5.41, 5.74) is 4.28. The van der Waals surface area contributed by atoms with Crippen LogP contribution in [0.25, 0.3) is 22.7 Å². The predicted molar refractivity (Wildman–Crippen MR) is 106 cm³/mol. The monoisotopic (exact) mass is 387 g/mol. The van der Waals surface area contributed by atoms with E-state index in [1.54, 1.807) is 29.2 Å². The van der Waals surface area contributed by atoms with Gasteiger partial charge in [0.25, 0.3) is 0 Å². The van der Waals surface area contributed by atoms with Gasteiger partial charge in [0, 0.05) is 23.5 Å². The van der Waals surface area contributed by atoms with Crippen molar-refractivity contribution in [2.75, 3.05) is 0 Å². The molecule has 144 valence electrons. The van der Waals surface area contributed by atoms with Gasteiger partial charge in [-0.1, -0.05) is 37.6 Å². The molecule has 0 saturated heterocycles. The van der Waals surface area contributed by atoms with Crippen molar-refractivity contribution in [3.05, 3.63) is 78.2 Å². The van der Waals surface area contributed by atoms with Crippen LogP contribution in [0, 0.1) is 5.95 Å². The van der Waals surface area contributed by atoms with Crippen molar-refractivity contribution in [1.82, 2.24) is 34.1 Å². The van der Waals surface area contributed by atoms with Gasteiger partial charge in [-0.2, -0.15) is 4.39 Å². The second-order valence-electron chi connectivity index (χ2n) is 6.83. The van der Waals surface area contributed by atoms with Crippen molar-refractivity contribution in [3.63, 3.8) is 0 Å². The smallest absolute Gasteiger partial charge is 0.213 e. The van der Waals surface area contributed by atoms with Crippen LogP contribution in [0.4, 0.5) is 4.39 Å². The highest BCUT2D eigenvalue weighted by atomic mass is 19.1. The van der Waals surface area contributed by atoms with Crippen molar-refractivity contribution in [2.45, 2.75) is 26.3 Å². The minimum atomic E-state index is -0.529. The molecule has 4 aromatic heterocycles. The first-order chi connectivity index (χ1) is 14.2. The first-order valence-electron chi connectivity index (χ1n) is 9.49. The number of fused-ring (bicyclic) bond motifs is 1. The molecule has 0 radical (unpaired) electrons. The standard InChI is InChI=1S/C21H18FN7/c1-2-5-15-17(24-13-29-20(15)26-19(27-29)14-6-3-7-14)12-28-11-10-23-21(28)16-8-4-9-18(22)25-16/h3-4,6-11,13H,2,5,12H2,1H3. The second kappa shape index (κ2) is 7.05. The van der Waals surface area contributed by atoms with Gasteiger partial charge in [0.05, 0.1) is 12.2 Å². The normalized spacial score (nSPS) is 13.0. The van der Waals surface area contributed by atoms with Crippen LogP contribution < -0.4 is 0 Å². The molecule has 1 aliphatic rings. The van der Waals surface area contributed by atoms with E-state index in [9.17, 15) is 4.39 Å². The number of halogens is 1. The summed E-state index contributed by atoms with van der Waals surface area (Å²) < 4.78 is 17.2. The summed E-state index contributed by atoms with van der Waals surface area (Å²) in [6, 6.07) is 4.70. The van der Waals surface area contributed by atoms with Gasteiger partial charge >= 0.3 is 0 Å². The molecule has 0 aliphatic heterocycles. The molecule has 5 rings (SSSR count). The van der Waals surface area contributed by atoms with Crippen molar-refractivity contribution < 1.29 is 4.39 Å². The summed E-state index contributed by atoms with van der Waals surface area (Å²) >= 11 is 0. The van der Waals surface area contributed by atoms with E-state index in [1.807, 2.05) is 29.0 Å². The number of rotatable bonds is 6. The Morgan fingerprint density at radius 1 is 1.14 bits per heavy atom. The molecule has 0 fully saturated rings. The van der Waals surface area contributed by atoms with Crippen molar-refractivity contribution in [2.24, 2.45) is 0 Å². The number of aryl methyl sites for hydroxylation is 1. The maximum Gasteiger partial charge on any atom is 0.213 e. The quantitative estimate of drug-likeness (QED) is 0.474. The molecular weight excluding hydrogens is 369 g/mol. The minimum Gasteiger partial charge on any atom is -0.324 e. The molecule has 0 saturated carbocycles. The summed E-state index contributed by atoms with van der Waals surface area (Å²) in [7, 11) is 0. The van der Waals surface area contributed by atoms with E-state index in [2.05, 4.69) is 27.0 Å². The molecule has 7 nitrogen and oxygen atoms in total. The molecular formula is C21H18FN7. The van der Waals surface area contributed by atoms with Crippen LogP contribution >= 0.6 is 0 Å². The van der Waals surface area contributed by atoms with Gasteiger partial charge < -0.3 is 4.57 Å². The number of nitrogens with zero attached hydrogens (tertiary/aromatic N) is 7. The largest absolute Gasteiger partial charge is 0.324 e. The van der Waals surface area contributed by atoms with E-state index >= 15 is 0 Å². The predicted octanol–water partition coefficient (Wildman–Crippen LogP) is 3.48. The van der Waals surface area contributed by atoms with Crippen LogP contribution in [0.2, 0.25) is 0 Å². The Morgan fingerprint density at radius 3 is 2.79 bits per heavy atom. The Kier molecular flexibility index (Phi) is 4.23. The van der Waals surface area contributed by atoms with Gasteiger partial charge in [0.15, 0.2) is 17.3 Å². The number of hydrogen-bond donors (Lipinski definition) is 0. The first-order valence-corrected chi connectivity index (χ1v) is 9.49. The highest BCUT2D eigenvalue weighted by Gasteiger charge is 2.17. The molecule has 4 heterocycles. The SMILES string of the molecule is CCCc1c(Cn2ccnc2-c2cccc(F)n2)ncn2nc(C3=CC=C3)nc12. The van der Waals surface area contributed by atoms with E-state index in [4.69, 9.17) is 4.98 Å². The molecule has 0 spiro atoms. The van der Waals surface area contributed by atoms with Gasteiger partial charge in [-0.3, -0.25) is 0 Å². The second-order valence-corrected chi connectivity index (χ2v) is 6.83. The molecule has 29 heavy (non-hydrogen) atoms. The summed E-state index contributed by atoms with van der Waals surface area (Å²) in [6.45, 7) is 2.62. The summed E-state index contributed by atoms with van der Waals surface area (Å²) in [5, 5.41) is 4.54. The third-order valence-corrected chi connectivity index (χ3v) is 4.86. The lowest BCUT2D eigenvalue weighted by atomic mass is 10.1. The number of imidazole rings is 1. The number of aromatic nitrogens is 7. The zero-order chi connectivity index (χ0) is 19.8. The third kappa shape index (κ3) is 3.12. The Morgan fingerprint density at radius 2 is 2.03 bits per heavy atom. The average molecular weight is 387 g/mol. The lowest BCUT2D eigenvalue weighted by Gasteiger charge is -2.11. The number of hydrogen-bond acceptors (Lipinski definition) is 5. The van der Waals surface area contributed by atoms with Crippen LogP contribution in [0.5, 0.6) is 0 Å². The topological polar surface area (TPSA) is 73.8 Å². The summed E-state index contributed by atoms with van der Waals surface area (Å²) in [5.74, 6) is 0.773. The molecule has 0 N–H and O–H groups in total. The van der Waals surface area contributed by atoms with E-state index in [-0.39, 0.29) is 0 Å². The molecule has 0 amide bonds. The highest BCUT2D eigenvalue weighted by Crippen LogP contribution is 2.23. The molecule has 8 heteroatoms. The zero-order valence-electron chi connectivity index (χ0n) is 15.8. The van der Waals surface area contributed by atoms with Crippen molar-refractivity contribution in [3.8, 4) is 11.5 Å². The van der Waals surface area contributed by atoms with E-state index in [1.165, 1.54) is 6.07 Å². The number of allylic oxidation sites excluding steroid dienone is 4. The van der Waals surface area contributed by atoms with Crippen molar-refractivity contribution in [1.29, 1.82) is 0 Å². The van der Waals surface area contributed by atoms with Crippen molar-refractivity contribution >= 4 is 11.2 Å². The molecule has 0 bridgehead atoms. The lowest BCUT2D eigenvalue weighted by Crippen LogP contribution is -2.09. The summed E-state index contributed by atoms with van der Waals surface area (Å²) in [6.07, 6.45) is 13.0. The van der Waals surface area contributed by atoms with Gasteiger partial charge in [-0.05, 0) is 18.6 Å². The van der Waals surface area contributed by atoms with Crippen LogP contribution in [0.15, 0.2) is 55.1 Å². The van der Waals surface area contributed by atoms with Crippen LogP contribution in [-0.4, -0.2) is 34.1 Å². The summed E-state index contributed by atoms with van der Waals surface area (Å²) in [4.78, 5) is 17.7.